The summed E-state index contributed by atoms with van der Waals surface area (Å²) >= 11 is 0. The van der Waals surface area contributed by atoms with E-state index in [1.165, 1.54) is 0 Å². The molecular weight excluding hydrogens is 252 g/mol. The number of hydrogen-bond donors (Lipinski definition) is 0. The van der Waals surface area contributed by atoms with Crippen molar-refractivity contribution in [3.8, 4) is 0 Å². The molecule has 98 valence electrons. The Morgan fingerprint density at radius 2 is 1.94 bits per heavy atom. The van der Waals surface area contributed by atoms with Gasteiger partial charge in [-0.1, -0.05) is 0 Å². The zero-order valence-electron chi connectivity index (χ0n) is 9.26. The summed E-state index contributed by atoms with van der Waals surface area (Å²) in [5.41, 5.74) is -1.02. The third-order valence-corrected chi connectivity index (χ3v) is 2.73. The van der Waals surface area contributed by atoms with Crippen molar-refractivity contribution in [2.75, 3.05) is 6.61 Å². The number of benzene rings is 1. The van der Waals surface area contributed by atoms with Crippen molar-refractivity contribution in [1.29, 1.82) is 0 Å². The van der Waals surface area contributed by atoms with Crippen LogP contribution in [0.1, 0.15) is 30.1 Å². The number of carbonyl (C=O) groups is 1. The highest BCUT2D eigenvalue weighted by Gasteiger charge is 2.32. The van der Waals surface area contributed by atoms with E-state index in [9.17, 15) is 22.4 Å². The summed E-state index contributed by atoms with van der Waals surface area (Å²) in [4.78, 5) is 11.2. The first-order valence-electron chi connectivity index (χ1n) is 5.37. The fourth-order valence-corrected chi connectivity index (χ4v) is 1.86. The number of carbonyl (C=O) groups excluding carboxylic acids is 1. The Labute approximate surface area is 101 Å². The molecular formula is C12H10F4O2. The molecule has 1 unspecified atom stereocenters. The number of ether oxygens (including phenoxy) is 1. The van der Waals surface area contributed by atoms with Crippen LogP contribution in [0.5, 0.6) is 0 Å². The maximum absolute atomic E-state index is 13.2. The summed E-state index contributed by atoms with van der Waals surface area (Å²) in [6, 6.07) is 2.22. The smallest absolute Gasteiger partial charge is 0.373 e. The average molecular weight is 262 g/mol. The van der Waals surface area contributed by atoms with E-state index in [1.807, 2.05) is 0 Å². The highest BCUT2D eigenvalue weighted by Crippen LogP contribution is 2.34. The largest absolute Gasteiger partial charge is 0.416 e. The second-order valence-corrected chi connectivity index (χ2v) is 4.12. The van der Waals surface area contributed by atoms with Crippen LogP contribution >= 0.6 is 0 Å². The molecule has 1 aromatic carbocycles. The van der Waals surface area contributed by atoms with Gasteiger partial charge >= 0.3 is 6.18 Å². The van der Waals surface area contributed by atoms with Crippen LogP contribution in [0.2, 0.25) is 0 Å². The molecule has 1 heterocycles. The Morgan fingerprint density at radius 3 is 2.56 bits per heavy atom. The van der Waals surface area contributed by atoms with Crippen LogP contribution in [-0.4, -0.2) is 12.4 Å². The molecule has 0 radical (unpaired) electrons. The van der Waals surface area contributed by atoms with Gasteiger partial charge in [0.2, 0.25) is 0 Å². The molecule has 2 nitrogen and oxygen atoms in total. The molecule has 18 heavy (non-hydrogen) atoms. The van der Waals surface area contributed by atoms with Gasteiger partial charge in [-0.2, -0.15) is 13.2 Å². The average Bonchev–Trinajstić information content (AvgIpc) is 2.27. The lowest BCUT2D eigenvalue weighted by atomic mass is 9.98. The molecule has 1 saturated heterocycles. The number of Topliss-reactive ketones (excluding diaryl/α,β-unsaturated/α-hetero) is 1. The number of alkyl halides is 3. The Balaban J connectivity index is 2.33. The van der Waals surface area contributed by atoms with Crippen LogP contribution in [0, 0.1) is 5.82 Å². The van der Waals surface area contributed by atoms with Gasteiger partial charge < -0.3 is 4.74 Å². The molecule has 2 rings (SSSR count). The summed E-state index contributed by atoms with van der Waals surface area (Å²) in [6.45, 7) is 0.154. The van der Waals surface area contributed by atoms with Crippen molar-refractivity contribution in [1.82, 2.24) is 0 Å². The SMILES string of the molecule is O=C1CCOC(c2cc(F)cc(C(F)(F)F)c2)C1. The molecule has 1 atom stereocenters. The summed E-state index contributed by atoms with van der Waals surface area (Å²) in [5, 5.41) is 0. The van der Waals surface area contributed by atoms with Gasteiger partial charge in [-0.25, -0.2) is 4.39 Å². The van der Waals surface area contributed by atoms with E-state index >= 15 is 0 Å². The van der Waals surface area contributed by atoms with Crippen molar-refractivity contribution in [3.63, 3.8) is 0 Å². The van der Waals surface area contributed by atoms with Crippen LogP contribution in [0.25, 0.3) is 0 Å². The number of rotatable bonds is 1. The van der Waals surface area contributed by atoms with E-state index < -0.39 is 23.7 Å². The molecule has 1 aliphatic heterocycles. The molecule has 0 N–H and O–H groups in total. The van der Waals surface area contributed by atoms with E-state index in [4.69, 9.17) is 4.74 Å². The zero-order chi connectivity index (χ0) is 13.3. The predicted octanol–water partition coefficient (Wildman–Crippen LogP) is 3.27. The van der Waals surface area contributed by atoms with Crippen molar-refractivity contribution in [2.24, 2.45) is 0 Å². The van der Waals surface area contributed by atoms with E-state index in [2.05, 4.69) is 0 Å². The van der Waals surface area contributed by atoms with Crippen molar-refractivity contribution >= 4 is 5.78 Å². The van der Waals surface area contributed by atoms with Crippen molar-refractivity contribution in [3.05, 3.63) is 35.1 Å². The van der Waals surface area contributed by atoms with Gasteiger partial charge in [0.25, 0.3) is 0 Å². The number of ketones is 1. The molecule has 0 aromatic heterocycles. The summed E-state index contributed by atoms with van der Waals surface area (Å²) in [5.74, 6) is -1.08. The van der Waals surface area contributed by atoms with Gasteiger partial charge in [-0.3, -0.25) is 4.79 Å². The van der Waals surface area contributed by atoms with E-state index in [-0.39, 0.29) is 30.8 Å². The zero-order valence-corrected chi connectivity index (χ0v) is 9.26. The Hall–Kier alpha value is -1.43. The van der Waals surface area contributed by atoms with Crippen molar-refractivity contribution in [2.45, 2.75) is 25.1 Å². The molecule has 0 spiro atoms. The monoisotopic (exact) mass is 262 g/mol. The van der Waals surface area contributed by atoms with Crippen LogP contribution in [0.4, 0.5) is 17.6 Å². The van der Waals surface area contributed by atoms with Gasteiger partial charge in [-0.15, -0.1) is 0 Å². The maximum Gasteiger partial charge on any atom is 0.416 e. The lowest BCUT2D eigenvalue weighted by molar-refractivity contribution is -0.137. The quantitative estimate of drug-likeness (QED) is 0.726. The maximum atomic E-state index is 13.2. The van der Waals surface area contributed by atoms with E-state index in [1.54, 1.807) is 0 Å². The first kappa shape index (κ1) is 13.0. The third kappa shape index (κ3) is 2.87. The molecule has 1 aliphatic rings. The molecule has 0 amide bonds. The lowest BCUT2D eigenvalue weighted by Crippen LogP contribution is -2.20. The Bertz CT molecular complexity index is 468. The van der Waals surface area contributed by atoms with Crippen molar-refractivity contribution < 1.29 is 27.1 Å². The lowest BCUT2D eigenvalue weighted by Gasteiger charge is -2.23. The predicted molar refractivity (Wildman–Crippen MR) is 54.3 cm³/mol. The fraction of sp³-hybridized carbons (Fsp3) is 0.417. The second-order valence-electron chi connectivity index (χ2n) is 4.12. The standard InChI is InChI=1S/C12H10F4O2/c13-9-4-7(3-8(5-9)12(14,15)16)11-6-10(17)1-2-18-11/h3-5,11H,1-2,6H2. The first-order chi connectivity index (χ1) is 8.36. The summed E-state index contributed by atoms with van der Waals surface area (Å²) in [7, 11) is 0. The van der Waals surface area contributed by atoms with Crippen LogP contribution in [0.3, 0.4) is 0 Å². The van der Waals surface area contributed by atoms with E-state index in [0.29, 0.717) is 6.07 Å². The van der Waals surface area contributed by atoms with Crippen LogP contribution in [-0.2, 0) is 15.7 Å². The fourth-order valence-electron chi connectivity index (χ4n) is 1.86. The second kappa shape index (κ2) is 4.68. The van der Waals surface area contributed by atoms with E-state index in [0.717, 1.165) is 12.1 Å². The first-order valence-corrected chi connectivity index (χ1v) is 5.37. The molecule has 6 heteroatoms. The van der Waals surface area contributed by atoms with Gasteiger partial charge in [0.1, 0.15) is 11.6 Å². The molecule has 1 aromatic rings. The highest BCUT2D eigenvalue weighted by molar-refractivity contribution is 5.79. The Morgan fingerprint density at radius 1 is 1.22 bits per heavy atom. The van der Waals surface area contributed by atoms with Gasteiger partial charge in [-0.05, 0) is 23.8 Å². The van der Waals surface area contributed by atoms with Crippen LogP contribution in [0.15, 0.2) is 18.2 Å². The van der Waals surface area contributed by atoms with Gasteiger partial charge in [0.05, 0.1) is 18.3 Å². The molecule has 0 bridgehead atoms. The molecule has 0 aliphatic carbocycles. The summed E-state index contributed by atoms with van der Waals surface area (Å²) in [6.07, 6.45) is -5.17. The minimum Gasteiger partial charge on any atom is -0.373 e. The summed E-state index contributed by atoms with van der Waals surface area (Å²) < 4.78 is 55.9. The highest BCUT2D eigenvalue weighted by atomic mass is 19.4. The third-order valence-electron chi connectivity index (χ3n) is 2.73. The molecule has 1 fully saturated rings. The van der Waals surface area contributed by atoms with Gasteiger partial charge in [0.15, 0.2) is 0 Å². The minimum absolute atomic E-state index is 0.0131. The number of halogens is 4. The topological polar surface area (TPSA) is 26.3 Å². The van der Waals surface area contributed by atoms with Gasteiger partial charge in [0, 0.05) is 12.8 Å². The normalized spacial score (nSPS) is 21.1. The Kier molecular flexibility index (Phi) is 3.38. The molecule has 0 saturated carbocycles. The minimum atomic E-state index is -4.62. The van der Waals surface area contributed by atoms with Crippen LogP contribution < -0.4 is 0 Å². The number of hydrogen-bond acceptors (Lipinski definition) is 2.